The predicted octanol–water partition coefficient (Wildman–Crippen LogP) is 6.96. The van der Waals surface area contributed by atoms with Gasteiger partial charge >= 0.3 is 0 Å². The number of aryl methyl sites for hydroxylation is 1. The Labute approximate surface area is 323 Å². The van der Waals surface area contributed by atoms with Gasteiger partial charge < -0.3 is 14.4 Å². The first-order valence-corrected chi connectivity index (χ1v) is 22.7. The fourth-order valence-electron chi connectivity index (χ4n) is 11.1. The van der Waals surface area contributed by atoms with Crippen LogP contribution in [0.15, 0.2) is 36.4 Å². The number of hydrogen-bond donors (Lipinski definition) is 1. The molecule has 1 spiro atoms. The molecule has 1 amide bonds. The zero-order valence-electron chi connectivity index (χ0n) is 32.3. The number of amides is 1. The Morgan fingerprint density at radius 2 is 1.87 bits per heavy atom. The summed E-state index contributed by atoms with van der Waals surface area (Å²) >= 11 is 6.54. The number of hydrogen-bond acceptors (Lipinski definition) is 7. The Morgan fingerprint density at radius 3 is 2.68 bits per heavy atom. The van der Waals surface area contributed by atoms with Crippen molar-refractivity contribution in [3.8, 4) is 5.75 Å². The van der Waals surface area contributed by atoms with E-state index >= 15 is 0 Å². The quantitative estimate of drug-likeness (QED) is 0.339. The van der Waals surface area contributed by atoms with E-state index in [0.29, 0.717) is 30.0 Å². The van der Waals surface area contributed by atoms with Crippen molar-refractivity contribution in [1.29, 1.82) is 0 Å². The summed E-state index contributed by atoms with van der Waals surface area (Å²) in [5.74, 6) is 5.58. The van der Waals surface area contributed by atoms with E-state index in [1.54, 1.807) is 0 Å². The minimum Gasteiger partial charge on any atom is -0.490 e. The fourth-order valence-corrected chi connectivity index (χ4v) is 12.8. The molecule has 2 saturated heterocycles. The molecule has 4 heterocycles. The van der Waals surface area contributed by atoms with Crippen molar-refractivity contribution < 1.29 is 18.5 Å². The zero-order valence-corrected chi connectivity index (χ0v) is 33.8. The number of methoxy groups -OCH3 is 1. The first-order valence-electron chi connectivity index (χ1n) is 20.5. The predicted molar refractivity (Wildman–Crippen MR) is 217 cm³/mol. The molecule has 1 N–H and O–H groups in total. The van der Waals surface area contributed by atoms with Crippen molar-refractivity contribution in [3.63, 3.8) is 0 Å². The standard InChI is InChI=1S/C43H61ClN4O4S/c1-30-9-7-19-43(51-3,28-46-21-22-47-20-6-5-11-36(47)26-46)38-15-12-34(38)25-48-27-42(18-8-10-32-23-35(44)14-16-37(32)42)29-52-40-17-13-33(24-39(40)48)41(49)45-53(4,50)31(30)2/h13-14,16-17,23-24,30-31,34,36,38H,4-12,15,18-22,25-29H2,1-3H3,(H,45,49,50)/t30-,31+,34-,36+,38+,42-,43+,53?/m0/s1. The highest BCUT2D eigenvalue weighted by atomic mass is 35.5. The maximum atomic E-state index is 14.1. The van der Waals surface area contributed by atoms with Gasteiger partial charge in [-0.2, -0.15) is 0 Å². The molecule has 53 heavy (non-hydrogen) atoms. The second-order valence-electron chi connectivity index (χ2n) is 17.7. The van der Waals surface area contributed by atoms with E-state index in [1.165, 1.54) is 36.9 Å². The van der Waals surface area contributed by atoms with Gasteiger partial charge in [0.15, 0.2) is 0 Å². The highest BCUT2D eigenvalue weighted by molar-refractivity contribution is 7.99. The van der Waals surface area contributed by atoms with Crippen LogP contribution in [0.5, 0.6) is 5.75 Å². The maximum Gasteiger partial charge on any atom is 0.262 e. The van der Waals surface area contributed by atoms with Gasteiger partial charge in [-0.15, -0.1) is 0 Å². The van der Waals surface area contributed by atoms with Crippen molar-refractivity contribution in [2.24, 2.45) is 17.8 Å². The highest BCUT2D eigenvalue weighted by Gasteiger charge is 2.51. The van der Waals surface area contributed by atoms with Crippen LogP contribution in [0.4, 0.5) is 5.69 Å². The molecule has 0 aromatic heterocycles. The molecule has 2 aliphatic carbocycles. The molecular weight excluding hydrogens is 704 g/mol. The molecule has 3 fully saturated rings. The largest absolute Gasteiger partial charge is 0.490 e. The lowest BCUT2D eigenvalue weighted by Crippen LogP contribution is -2.62. The molecule has 8 atom stereocenters. The van der Waals surface area contributed by atoms with Gasteiger partial charge in [0.1, 0.15) is 5.75 Å². The van der Waals surface area contributed by atoms with E-state index in [-0.39, 0.29) is 28.1 Å². The molecular formula is C43H61ClN4O4S. The first kappa shape index (κ1) is 37.6. The molecule has 2 aromatic rings. The normalized spacial score (nSPS) is 36.9. The average molecular weight is 766 g/mol. The Bertz CT molecular complexity index is 1790. The third-order valence-corrected chi connectivity index (χ3v) is 17.0. The van der Waals surface area contributed by atoms with Gasteiger partial charge in [0.05, 0.1) is 27.6 Å². The van der Waals surface area contributed by atoms with Crippen LogP contribution in [0.3, 0.4) is 0 Å². The van der Waals surface area contributed by atoms with Gasteiger partial charge in [-0.3, -0.25) is 19.3 Å². The summed E-state index contributed by atoms with van der Waals surface area (Å²) in [6.07, 6.45) is 12.3. The molecule has 0 radical (unpaired) electrons. The molecule has 4 aliphatic heterocycles. The number of piperazine rings is 1. The van der Waals surface area contributed by atoms with E-state index < -0.39 is 9.71 Å². The molecule has 8 nitrogen and oxygen atoms in total. The third-order valence-electron chi connectivity index (χ3n) is 14.6. The van der Waals surface area contributed by atoms with E-state index in [2.05, 4.69) is 44.3 Å². The second-order valence-corrected chi connectivity index (χ2v) is 20.5. The number of nitrogens with one attached hydrogen (secondary N) is 1. The van der Waals surface area contributed by atoms with Gasteiger partial charge in [-0.25, -0.2) is 4.21 Å². The number of piperidine rings is 1. The van der Waals surface area contributed by atoms with Crippen LogP contribution < -0.4 is 14.4 Å². The van der Waals surface area contributed by atoms with Crippen molar-refractivity contribution >= 4 is 38.8 Å². The van der Waals surface area contributed by atoms with Gasteiger partial charge in [-0.1, -0.05) is 37.4 Å². The third kappa shape index (κ3) is 7.27. The number of rotatable bonds is 3. The molecule has 2 aromatic carbocycles. The van der Waals surface area contributed by atoms with E-state index in [1.807, 2.05) is 38.3 Å². The summed E-state index contributed by atoms with van der Waals surface area (Å²) in [6.45, 7) is 12.0. The lowest BCUT2D eigenvalue weighted by atomic mass is 9.62. The van der Waals surface area contributed by atoms with Crippen molar-refractivity contribution in [2.45, 2.75) is 107 Å². The minimum atomic E-state index is -2.91. The van der Waals surface area contributed by atoms with Crippen molar-refractivity contribution in [1.82, 2.24) is 14.5 Å². The van der Waals surface area contributed by atoms with Crippen LogP contribution in [0.1, 0.15) is 99.5 Å². The topological polar surface area (TPSA) is 74.4 Å². The van der Waals surface area contributed by atoms with Gasteiger partial charge in [0.2, 0.25) is 0 Å². The average Bonchev–Trinajstić information content (AvgIpc) is 3.28. The molecule has 1 unspecified atom stereocenters. The van der Waals surface area contributed by atoms with Crippen molar-refractivity contribution in [3.05, 3.63) is 58.1 Å². The van der Waals surface area contributed by atoms with E-state index in [0.717, 1.165) is 107 Å². The number of carbonyl (C=O) groups is 1. The molecule has 1 saturated carbocycles. The number of fused-ring (bicyclic) bond motifs is 5. The smallest absolute Gasteiger partial charge is 0.262 e. The first-order chi connectivity index (χ1) is 25.5. The van der Waals surface area contributed by atoms with Crippen LogP contribution in [-0.4, -0.2) is 102 Å². The summed E-state index contributed by atoms with van der Waals surface area (Å²) in [7, 11) is -0.945. The number of ether oxygens (including phenoxy) is 2. The second kappa shape index (κ2) is 15.0. The highest BCUT2D eigenvalue weighted by Crippen LogP contribution is 2.50. The van der Waals surface area contributed by atoms with Crippen LogP contribution in [0.2, 0.25) is 5.02 Å². The SMILES string of the molecule is C=S1(=O)NC(=O)c2ccc3c(c2)N(C[C@@H]2CC[C@H]2[C@@](CN2CCN4CCCC[C@@H]4C2)(OC)CCC[C@H](C)[C@H]1C)C[C@@]1(CCCc2cc(Cl)ccc21)CO3. The van der Waals surface area contributed by atoms with E-state index in [9.17, 15) is 9.00 Å². The summed E-state index contributed by atoms with van der Waals surface area (Å²) < 4.78 is 30.7. The monoisotopic (exact) mass is 764 g/mol. The number of benzene rings is 2. The molecule has 2 bridgehead atoms. The fraction of sp³-hybridized carbons (Fsp3) is 0.674. The minimum absolute atomic E-state index is 0.131. The number of anilines is 1. The summed E-state index contributed by atoms with van der Waals surface area (Å²) in [5.41, 5.74) is 3.62. The van der Waals surface area contributed by atoms with Crippen LogP contribution >= 0.6 is 11.6 Å². The van der Waals surface area contributed by atoms with Crippen LogP contribution in [-0.2, 0) is 26.3 Å². The summed E-state index contributed by atoms with van der Waals surface area (Å²) in [5, 5.41) is 0.510. The molecule has 10 heteroatoms. The number of carbonyl (C=O) groups excluding carboxylic acids is 1. The summed E-state index contributed by atoms with van der Waals surface area (Å²) in [6, 6.07) is 12.8. The lowest BCUT2D eigenvalue weighted by Gasteiger charge is -2.54. The number of nitrogens with zero attached hydrogens (tertiary/aromatic N) is 3. The Morgan fingerprint density at radius 1 is 1.00 bits per heavy atom. The van der Waals surface area contributed by atoms with Gasteiger partial charge in [-0.05, 0) is 136 Å². The molecule has 290 valence electrons. The summed E-state index contributed by atoms with van der Waals surface area (Å²) in [4.78, 5) is 21.8. The Kier molecular flexibility index (Phi) is 10.6. The maximum absolute atomic E-state index is 14.1. The van der Waals surface area contributed by atoms with Crippen LogP contribution in [0, 0.1) is 17.8 Å². The Balaban J connectivity index is 1.17. The molecule has 8 rings (SSSR count). The lowest BCUT2D eigenvalue weighted by molar-refractivity contribution is -0.136. The van der Waals surface area contributed by atoms with Gasteiger partial charge in [0.25, 0.3) is 5.91 Å². The molecule has 6 aliphatic rings. The van der Waals surface area contributed by atoms with Crippen molar-refractivity contribution in [2.75, 3.05) is 64.4 Å². The Hall–Kier alpha value is -2.30. The van der Waals surface area contributed by atoms with Crippen LogP contribution in [0.25, 0.3) is 0 Å². The van der Waals surface area contributed by atoms with E-state index in [4.69, 9.17) is 21.1 Å². The zero-order chi connectivity index (χ0) is 37.0. The van der Waals surface area contributed by atoms with Gasteiger partial charge in [0, 0.05) is 73.7 Å². The number of halogens is 1.